The van der Waals surface area contributed by atoms with Crippen LogP contribution in [-0.2, 0) is 9.59 Å². The fourth-order valence-electron chi connectivity index (χ4n) is 3.24. The van der Waals surface area contributed by atoms with E-state index in [9.17, 15) is 24.8 Å². The molecule has 156 valence electrons. The largest absolute Gasteiger partial charge is 0.870 e. The third kappa shape index (κ3) is 4.37. The molecule has 2 aromatic rings. The molecule has 1 fully saturated rings. The minimum atomic E-state index is -0.986. The van der Waals surface area contributed by atoms with Crippen LogP contribution in [0, 0.1) is 16.0 Å². The van der Waals surface area contributed by atoms with Crippen molar-refractivity contribution in [1.29, 1.82) is 0 Å². The van der Waals surface area contributed by atoms with Crippen molar-refractivity contribution in [2.45, 2.75) is 12.8 Å². The number of carbonyl (C=O) groups excluding carboxylic acids is 2. The van der Waals surface area contributed by atoms with E-state index >= 15 is 0 Å². The zero-order valence-electron chi connectivity index (χ0n) is 16.0. The van der Waals surface area contributed by atoms with E-state index < -0.39 is 28.4 Å². The van der Waals surface area contributed by atoms with E-state index in [0.717, 1.165) is 23.9 Å². The lowest BCUT2D eigenvalue weighted by atomic mass is 9.88. The highest BCUT2D eigenvalue weighted by Gasteiger charge is 2.40. The number of nitrogens with one attached hydrogen (secondary N) is 2. The molecule has 0 bridgehead atoms. The van der Waals surface area contributed by atoms with Crippen LogP contribution in [0.4, 0.5) is 5.69 Å². The molecule has 1 saturated heterocycles. The summed E-state index contributed by atoms with van der Waals surface area (Å²) in [6.07, 6.45) is 1.00. The van der Waals surface area contributed by atoms with Crippen LogP contribution in [0.1, 0.15) is 24.0 Å². The van der Waals surface area contributed by atoms with Gasteiger partial charge in [-0.2, -0.15) is 5.10 Å². The highest BCUT2D eigenvalue weighted by atomic mass is 16.6. The number of nitrogens with zero attached hydrogens (tertiary/aromatic N) is 2. The molecule has 0 saturated carbocycles. The Labute approximate surface area is 171 Å². The smallest absolute Gasteiger partial charge is 0.273 e. The number of hydrazone groups is 1. The lowest BCUT2D eigenvalue weighted by Gasteiger charge is -2.17. The number of rotatable bonds is 7. The molecule has 3 rings (SSSR count). The Hall–Kier alpha value is -3.95. The van der Waals surface area contributed by atoms with Crippen LogP contribution in [0.3, 0.4) is 0 Å². The number of nitro groups is 1. The number of nitro benzene ring substituents is 1. The first kappa shape index (κ1) is 20.8. The van der Waals surface area contributed by atoms with E-state index in [1.807, 2.05) is 30.3 Å². The molecule has 2 atom stereocenters. The first-order valence-corrected chi connectivity index (χ1v) is 9.20. The van der Waals surface area contributed by atoms with Gasteiger partial charge in [-0.15, -0.1) is 0 Å². The van der Waals surface area contributed by atoms with Crippen LogP contribution in [0.15, 0.2) is 47.6 Å². The fourth-order valence-corrected chi connectivity index (χ4v) is 3.24. The minimum absolute atomic E-state index is 0.122. The number of hydrogen-bond donors (Lipinski definition) is 2. The molecule has 0 unspecified atom stereocenters. The van der Waals surface area contributed by atoms with Crippen molar-refractivity contribution in [1.82, 2.24) is 10.7 Å². The highest BCUT2D eigenvalue weighted by molar-refractivity contribution is 6.03. The SMILES string of the molecule is CCOc1cc([N+](=O)[O-])cc(C=NNC(=O)[C@@H]2C(=O)NC[C@H]2c2ccccc2)c1[O-]. The molecule has 0 aromatic heterocycles. The van der Waals surface area contributed by atoms with Gasteiger partial charge in [0.15, 0.2) is 0 Å². The van der Waals surface area contributed by atoms with Gasteiger partial charge in [0.1, 0.15) is 11.7 Å². The van der Waals surface area contributed by atoms with Gasteiger partial charge in [-0.1, -0.05) is 36.1 Å². The summed E-state index contributed by atoms with van der Waals surface area (Å²) in [5.41, 5.74) is 2.62. The third-order valence-corrected chi connectivity index (χ3v) is 4.65. The van der Waals surface area contributed by atoms with Gasteiger partial charge in [0, 0.05) is 18.5 Å². The van der Waals surface area contributed by atoms with Crippen molar-refractivity contribution in [2.75, 3.05) is 13.2 Å². The van der Waals surface area contributed by atoms with Gasteiger partial charge in [0.05, 0.1) is 23.8 Å². The molecule has 1 heterocycles. The molecular formula is C20H19N4O6-. The van der Waals surface area contributed by atoms with Gasteiger partial charge in [0.2, 0.25) is 5.91 Å². The first-order valence-electron chi connectivity index (χ1n) is 9.20. The van der Waals surface area contributed by atoms with E-state index in [4.69, 9.17) is 4.74 Å². The Bertz CT molecular complexity index is 992. The van der Waals surface area contributed by atoms with Gasteiger partial charge in [0.25, 0.3) is 11.6 Å². The van der Waals surface area contributed by atoms with Crippen LogP contribution >= 0.6 is 0 Å². The van der Waals surface area contributed by atoms with Gasteiger partial charge in [-0.05, 0) is 18.1 Å². The van der Waals surface area contributed by atoms with Crippen molar-refractivity contribution >= 4 is 23.7 Å². The highest BCUT2D eigenvalue weighted by Crippen LogP contribution is 2.32. The average Bonchev–Trinajstić information content (AvgIpc) is 3.12. The quantitative estimate of drug-likeness (QED) is 0.301. The van der Waals surface area contributed by atoms with Crippen molar-refractivity contribution in [3.63, 3.8) is 0 Å². The van der Waals surface area contributed by atoms with Crippen LogP contribution in [0.25, 0.3) is 0 Å². The number of non-ortho nitro benzene ring substituents is 1. The van der Waals surface area contributed by atoms with Crippen LogP contribution in [0.2, 0.25) is 0 Å². The molecule has 1 aliphatic rings. The summed E-state index contributed by atoms with van der Waals surface area (Å²) in [5.74, 6) is -3.18. The van der Waals surface area contributed by atoms with Gasteiger partial charge >= 0.3 is 0 Å². The van der Waals surface area contributed by atoms with Crippen LogP contribution in [-0.4, -0.2) is 36.1 Å². The van der Waals surface area contributed by atoms with E-state index in [-0.39, 0.29) is 29.5 Å². The predicted molar refractivity (Wildman–Crippen MR) is 105 cm³/mol. The molecule has 30 heavy (non-hydrogen) atoms. The third-order valence-electron chi connectivity index (χ3n) is 4.65. The lowest BCUT2D eigenvalue weighted by molar-refractivity contribution is -0.385. The van der Waals surface area contributed by atoms with Gasteiger partial charge in [-0.3, -0.25) is 19.7 Å². The Morgan fingerprint density at radius 2 is 2.10 bits per heavy atom. The summed E-state index contributed by atoms with van der Waals surface area (Å²) in [7, 11) is 0. The minimum Gasteiger partial charge on any atom is -0.870 e. The lowest BCUT2D eigenvalue weighted by Crippen LogP contribution is -2.34. The topological polar surface area (TPSA) is 146 Å². The average molecular weight is 411 g/mol. The molecular weight excluding hydrogens is 392 g/mol. The van der Waals surface area contributed by atoms with Crippen molar-refractivity contribution in [3.05, 3.63) is 63.7 Å². The summed E-state index contributed by atoms with van der Waals surface area (Å²) in [6, 6.07) is 11.2. The number of ether oxygens (including phenoxy) is 1. The predicted octanol–water partition coefficient (Wildman–Crippen LogP) is 1.05. The summed E-state index contributed by atoms with van der Waals surface area (Å²) < 4.78 is 5.14. The van der Waals surface area contributed by atoms with Crippen molar-refractivity contribution in [3.8, 4) is 11.5 Å². The molecule has 10 heteroatoms. The van der Waals surface area contributed by atoms with Crippen molar-refractivity contribution in [2.24, 2.45) is 11.0 Å². The second kappa shape index (κ2) is 9.03. The maximum atomic E-state index is 12.6. The zero-order valence-corrected chi connectivity index (χ0v) is 16.0. The van der Waals surface area contributed by atoms with Crippen LogP contribution < -0.4 is 20.6 Å². The van der Waals surface area contributed by atoms with E-state index in [0.29, 0.717) is 6.54 Å². The molecule has 2 aromatic carbocycles. The second-order valence-corrected chi connectivity index (χ2v) is 6.53. The number of hydrogen-bond acceptors (Lipinski definition) is 7. The molecule has 2 amide bonds. The summed E-state index contributed by atoms with van der Waals surface area (Å²) in [6.45, 7) is 2.11. The zero-order chi connectivity index (χ0) is 21.7. The summed E-state index contributed by atoms with van der Waals surface area (Å²) in [5, 5.41) is 29.8. The monoisotopic (exact) mass is 411 g/mol. The molecule has 0 aliphatic carbocycles. The number of amides is 2. The molecule has 10 nitrogen and oxygen atoms in total. The number of benzene rings is 2. The normalized spacial score (nSPS) is 18.2. The Kier molecular flexibility index (Phi) is 6.26. The van der Waals surface area contributed by atoms with Crippen molar-refractivity contribution < 1.29 is 24.4 Å². The molecule has 2 N–H and O–H groups in total. The maximum absolute atomic E-state index is 12.6. The molecule has 0 radical (unpaired) electrons. The first-order chi connectivity index (χ1) is 14.4. The second-order valence-electron chi connectivity index (χ2n) is 6.53. The van der Waals surface area contributed by atoms with Gasteiger partial charge < -0.3 is 15.2 Å². The van der Waals surface area contributed by atoms with Gasteiger partial charge in [-0.25, -0.2) is 5.43 Å². The fraction of sp³-hybridized carbons (Fsp3) is 0.250. The Morgan fingerprint density at radius 1 is 1.37 bits per heavy atom. The maximum Gasteiger partial charge on any atom is 0.273 e. The summed E-state index contributed by atoms with van der Waals surface area (Å²) in [4.78, 5) is 35.1. The Morgan fingerprint density at radius 3 is 2.77 bits per heavy atom. The van der Waals surface area contributed by atoms with E-state index in [1.165, 1.54) is 0 Å². The number of carbonyl (C=O) groups is 2. The Balaban J connectivity index is 1.78. The summed E-state index contributed by atoms with van der Waals surface area (Å²) >= 11 is 0. The van der Waals surface area contributed by atoms with E-state index in [1.54, 1.807) is 6.92 Å². The standard InChI is InChI=1S/C20H20N4O6/c1-2-30-16-9-14(24(28)29)8-13(18(16)25)10-22-23-20(27)17-15(11-21-19(17)26)12-6-4-3-5-7-12/h3-10,15,17,25H,2,11H2,1H3,(H,21,26)(H,23,27)/p-1/t15-,17-/m0/s1. The van der Waals surface area contributed by atoms with Crippen LogP contribution in [0.5, 0.6) is 11.5 Å². The van der Waals surface area contributed by atoms with E-state index in [2.05, 4.69) is 15.8 Å². The molecule has 0 spiro atoms. The molecule has 1 aliphatic heterocycles.